The van der Waals surface area contributed by atoms with Gasteiger partial charge in [0, 0.05) is 10.9 Å². The average Bonchev–Trinajstić information content (AvgIpc) is 2.74. The molecule has 4 rings (SSSR count). The van der Waals surface area contributed by atoms with E-state index < -0.39 is 0 Å². The van der Waals surface area contributed by atoms with Crippen LogP contribution in [-0.2, 0) is 0 Å². The van der Waals surface area contributed by atoms with Gasteiger partial charge in [-0.05, 0) is 31.0 Å². The Labute approximate surface area is 165 Å². The molecule has 1 atom stereocenters. The lowest BCUT2D eigenvalue weighted by atomic mass is 9.96. The van der Waals surface area contributed by atoms with Gasteiger partial charge in [0.25, 0.3) is 5.91 Å². The third kappa shape index (κ3) is 3.39. The molecule has 0 spiro atoms. The Hall–Kier alpha value is -3.46. The lowest BCUT2D eigenvalue weighted by molar-refractivity contribution is 0.0941. The molecule has 28 heavy (non-hydrogen) atoms. The lowest BCUT2D eigenvalue weighted by Gasteiger charge is -2.18. The van der Waals surface area contributed by atoms with Crippen LogP contribution in [0, 0.1) is 6.92 Å². The third-order valence-corrected chi connectivity index (χ3v) is 5.06. The van der Waals surface area contributed by atoms with Crippen LogP contribution in [0.3, 0.4) is 0 Å². The van der Waals surface area contributed by atoms with Crippen molar-refractivity contribution < 1.29 is 4.79 Å². The minimum Gasteiger partial charge on any atom is -0.345 e. The number of pyridine rings is 1. The highest BCUT2D eigenvalue weighted by Crippen LogP contribution is 2.30. The van der Waals surface area contributed by atoms with Gasteiger partial charge in [0.1, 0.15) is 0 Å². The van der Waals surface area contributed by atoms with Crippen molar-refractivity contribution in [1.29, 1.82) is 0 Å². The number of hydrogen-bond acceptors (Lipinski definition) is 2. The molecule has 0 aliphatic carbocycles. The minimum absolute atomic E-state index is 0.0790. The van der Waals surface area contributed by atoms with Crippen LogP contribution in [0.4, 0.5) is 0 Å². The van der Waals surface area contributed by atoms with E-state index in [9.17, 15) is 4.79 Å². The molecule has 3 aromatic carbocycles. The van der Waals surface area contributed by atoms with Crippen molar-refractivity contribution in [3.63, 3.8) is 0 Å². The van der Waals surface area contributed by atoms with Crippen LogP contribution in [0.15, 0.2) is 84.9 Å². The number of aromatic nitrogens is 1. The lowest BCUT2D eigenvalue weighted by Crippen LogP contribution is -2.27. The standard InChI is InChI=1S/C25H22N2O/c1-17-23(25(28)26-18(2)19-11-5-3-6-12-19)21-15-9-10-16-22(21)27-24(17)20-13-7-4-8-14-20/h3-16,18H,1-2H3,(H,26,28)/t18-/m1/s1. The Morgan fingerprint density at radius 3 is 2.18 bits per heavy atom. The zero-order chi connectivity index (χ0) is 19.5. The highest BCUT2D eigenvalue weighted by molar-refractivity contribution is 6.09. The Balaban J connectivity index is 1.81. The number of rotatable bonds is 4. The van der Waals surface area contributed by atoms with E-state index in [0.29, 0.717) is 5.56 Å². The Kier molecular flexibility index (Phi) is 4.90. The van der Waals surface area contributed by atoms with Crippen molar-refractivity contribution >= 4 is 16.8 Å². The van der Waals surface area contributed by atoms with Gasteiger partial charge in [-0.3, -0.25) is 4.79 Å². The predicted molar refractivity (Wildman–Crippen MR) is 114 cm³/mol. The van der Waals surface area contributed by atoms with Crippen LogP contribution in [0.5, 0.6) is 0 Å². The first-order chi connectivity index (χ1) is 13.6. The Bertz CT molecular complexity index is 1120. The number of carbonyl (C=O) groups excluding carboxylic acids is 1. The monoisotopic (exact) mass is 366 g/mol. The first kappa shape index (κ1) is 17.9. The molecular formula is C25H22N2O. The molecule has 0 aliphatic rings. The van der Waals surface area contributed by atoms with Gasteiger partial charge in [0.2, 0.25) is 0 Å². The Morgan fingerprint density at radius 2 is 1.46 bits per heavy atom. The molecule has 1 aromatic heterocycles. The third-order valence-electron chi connectivity index (χ3n) is 5.06. The van der Waals surface area contributed by atoms with Crippen molar-refractivity contribution in [2.24, 2.45) is 0 Å². The molecule has 0 saturated heterocycles. The van der Waals surface area contributed by atoms with E-state index in [1.807, 2.05) is 98.8 Å². The second-order valence-electron chi connectivity index (χ2n) is 6.95. The topological polar surface area (TPSA) is 42.0 Å². The SMILES string of the molecule is Cc1c(-c2ccccc2)nc2ccccc2c1C(=O)N[C@H](C)c1ccccc1. The summed E-state index contributed by atoms with van der Waals surface area (Å²) >= 11 is 0. The maximum Gasteiger partial charge on any atom is 0.252 e. The molecule has 1 heterocycles. The zero-order valence-corrected chi connectivity index (χ0v) is 16.0. The van der Waals surface area contributed by atoms with E-state index in [0.717, 1.165) is 33.3 Å². The van der Waals surface area contributed by atoms with Crippen LogP contribution < -0.4 is 5.32 Å². The van der Waals surface area contributed by atoms with Gasteiger partial charge >= 0.3 is 0 Å². The van der Waals surface area contributed by atoms with Crippen molar-refractivity contribution in [3.05, 3.63) is 102 Å². The summed E-state index contributed by atoms with van der Waals surface area (Å²) in [5, 5.41) is 4.03. The molecule has 0 unspecified atom stereocenters. The summed E-state index contributed by atoms with van der Waals surface area (Å²) in [6.07, 6.45) is 0. The molecule has 1 N–H and O–H groups in total. The summed E-state index contributed by atoms with van der Waals surface area (Å²) in [6, 6.07) is 27.7. The minimum atomic E-state index is -0.0831. The predicted octanol–water partition coefficient (Wildman–Crippen LogP) is 5.70. The molecule has 4 aromatic rings. The number of benzene rings is 3. The molecular weight excluding hydrogens is 344 g/mol. The quantitative estimate of drug-likeness (QED) is 0.503. The number of fused-ring (bicyclic) bond motifs is 1. The second kappa shape index (κ2) is 7.65. The molecule has 3 heteroatoms. The summed E-state index contributed by atoms with van der Waals surface area (Å²) in [5.41, 5.74) is 5.34. The summed E-state index contributed by atoms with van der Waals surface area (Å²) in [4.78, 5) is 18.2. The smallest absolute Gasteiger partial charge is 0.252 e. The van der Waals surface area contributed by atoms with E-state index in [4.69, 9.17) is 4.98 Å². The van der Waals surface area contributed by atoms with Crippen LogP contribution in [0.2, 0.25) is 0 Å². The number of nitrogens with zero attached hydrogens (tertiary/aromatic N) is 1. The van der Waals surface area contributed by atoms with Gasteiger partial charge < -0.3 is 5.32 Å². The van der Waals surface area contributed by atoms with Crippen molar-refractivity contribution in [1.82, 2.24) is 10.3 Å². The van der Waals surface area contributed by atoms with Gasteiger partial charge in [-0.15, -0.1) is 0 Å². The van der Waals surface area contributed by atoms with E-state index in [2.05, 4.69) is 5.32 Å². The molecule has 3 nitrogen and oxygen atoms in total. The average molecular weight is 366 g/mol. The molecule has 138 valence electrons. The van der Waals surface area contributed by atoms with Crippen molar-refractivity contribution in [2.45, 2.75) is 19.9 Å². The maximum absolute atomic E-state index is 13.3. The summed E-state index contributed by atoms with van der Waals surface area (Å²) in [5.74, 6) is -0.0790. The fourth-order valence-corrected chi connectivity index (χ4v) is 3.57. The van der Waals surface area contributed by atoms with Crippen LogP contribution in [0.1, 0.15) is 34.5 Å². The number of amides is 1. The van der Waals surface area contributed by atoms with Gasteiger partial charge in [0.05, 0.1) is 22.8 Å². The largest absolute Gasteiger partial charge is 0.345 e. The molecule has 0 aliphatic heterocycles. The normalized spacial score (nSPS) is 11.9. The molecule has 1 amide bonds. The van der Waals surface area contributed by atoms with Crippen LogP contribution >= 0.6 is 0 Å². The second-order valence-corrected chi connectivity index (χ2v) is 6.95. The number of para-hydroxylation sites is 1. The van der Waals surface area contributed by atoms with Crippen molar-refractivity contribution in [3.8, 4) is 11.3 Å². The molecule has 0 saturated carbocycles. The van der Waals surface area contributed by atoms with Gasteiger partial charge in [-0.25, -0.2) is 4.98 Å². The van der Waals surface area contributed by atoms with E-state index >= 15 is 0 Å². The summed E-state index contributed by atoms with van der Waals surface area (Å²) < 4.78 is 0. The summed E-state index contributed by atoms with van der Waals surface area (Å²) in [6.45, 7) is 3.98. The highest BCUT2D eigenvalue weighted by atomic mass is 16.1. The maximum atomic E-state index is 13.3. The highest BCUT2D eigenvalue weighted by Gasteiger charge is 2.20. The molecule has 0 bridgehead atoms. The fraction of sp³-hybridized carbons (Fsp3) is 0.120. The van der Waals surface area contributed by atoms with E-state index in [1.54, 1.807) is 0 Å². The van der Waals surface area contributed by atoms with Gasteiger partial charge in [-0.1, -0.05) is 78.9 Å². The summed E-state index contributed by atoms with van der Waals surface area (Å²) in [7, 11) is 0. The number of hydrogen-bond donors (Lipinski definition) is 1. The Morgan fingerprint density at radius 1 is 0.857 bits per heavy atom. The first-order valence-electron chi connectivity index (χ1n) is 9.45. The molecule has 0 fully saturated rings. The van der Waals surface area contributed by atoms with Crippen LogP contribution in [0.25, 0.3) is 22.2 Å². The zero-order valence-electron chi connectivity index (χ0n) is 16.0. The molecule has 0 radical (unpaired) electrons. The van der Waals surface area contributed by atoms with Gasteiger partial charge in [-0.2, -0.15) is 0 Å². The number of carbonyl (C=O) groups is 1. The van der Waals surface area contributed by atoms with E-state index in [-0.39, 0.29) is 11.9 Å². The first-order valence-corrected chi connectivity index (χ1v) is 9.45. The fourth-order valence-electron chi connectivity index (χ4n) is 3.57. The number of nitrogens with one attached hydrogen (secondary N) is 1. The van der Waals surface area contributed by atoms with E-state index in [1.165, 1.54) is 0 Å². The van der Waals surface area contributed by atoms with Crippen molar-refractivity contribution in [2.75, 3.05) is 0 Å². The van der Waals surface area contributed by atoms with Gasteiger partial charge in [0.15, 0.2) is 0 Å². The van der Waals surface area contributed by atoms with Crippen LogP contribution in [-0.4, -0.2) is 10.9 Å².